The molecule has 232 valence electrons. The van der Waals surface area contributed by atoms with E-state index in [0.29, 0.717) is 69.8 Å². The number of nitrogens with zero attached hydrogens (tertiary/aromatic N) is 5. The average molecular weight is 622 g/mol. The smallest absolute Gasteiger partial charge is 0.269 e. The van der Waals surface area contributed by atoms with E-state index in [9.17, 15) is 22.8 Å². The molecule has 4 aliphatic rings. The Hall–Kier alpha value is -4.86. The molecule has 3 unspecified atom stereocenters. The van der Waals surface area contributed by atoms with Crippen LogP contribution in [-0.4, -0.2) is 48.0 Å². The van der Waals surface area contributed by atoms with Gasteiger partial charge in [0.25, 0.3) is 11.8 Å². The lowest BCUT2D eigenvalue weighted by molar-refractivity contribution is -0.164. The van der Waals surface area contributed by atoms with Gasteiger partial charge in [0.05, 0.1) is 34.0 Å². The van der Waals surface area contributed by atoms with Crippen molar-refractivity contribution >= 4 is 34.1 Å². The van der Waals surface area contributed by atoms with Crippen LogP contribution in [0, 0.1) is 24.7 Å². The first-order valence-corrected chi connectivity index (χ1v) is 15.5. The molecular weight excluding hydrogens is 591 g/mol. The number of rotatable bonds is 4. The third kappa shape index (κ3) is 4.22. The molecule has 3 aliphatic carbocycles. The predicted molar refractivity (Wildman–Crippen MR) is 167 cm³/mol. The molecule has 4 heterocycles. The van der Waals surface area contributed by atoms with Gasteiger partial charge in [-0.2, -0.15) is 22.8 Å². The van der Waals surface area contributed by atoms with E-state index in [4.69, 9.17) is 4.98 Å². The van der Waals surface area contributed by atoms with Crippen LogP contribution in [0.25, 0.3) is 22.3 Å². The van der Waals surface area contributed by atoms with Crippen molar-refractivity contribution in [1.82, 2.24) is 24.5 Å². The fraction of sp³-hybridized carbons (Fsp3) is 0.306. The number of hydrogen-bond acceptors (Lipinski definition) is 5. The zero-order chi connectivity index (χ0) is 32.0. The summed E-state index contributed by atoms with van der Waals surface area (Å²) in [6.45, 7) is 3.96. The minimum Gasteiger partial charge on any atom is -0.269 e. The molecule has 7 nitrogen and oxygen atoms in total. The quantitative estimate of drug-likeness (QED) is 0.222. The third-order valence-corrected chi connectivity index (χ3v) is 9.99. The van der Waals surface area contributed by atoms with Crippen LogP contribution in [0.4, 0.5) is 13.2 Å². The standard InChI is InChI=1S/C36H30F3N5O2/c1-20-17-35(18-20,43-33(45)26-8-3-4-9-27(26)34(43)46)24-13-11-22(12-14-24)31-28(25-7-5-6-10-29(25)36(37,38)39)16-23-19-40-30-15-21(2)42-44(30)32(23)41-31/h3-13,15-16,19-20,24-25,29H,14,17-18H2,1-2H3. The van der Waals surface area contributed by atoms with Gasteiger partial charge >= 0.3 is 6.18 Å². The molecule has 0 spiro atoms. The van der Waals surface area contributed by atoms with Gasteiger partial charge in [-0.25, -0.2) is 9.97 Å². The van der Waals surface area contributed by atoms with E-state index in [1.54, 1.807) is 53.2 Å². The van der Waals surface area contributed by atoms with Gasteiger partial charge in [-0.1, -0.05) is 61.6 Å². The second-order valence-corrected chi connectivity index (χ2v) is 13.0. The van der Waals surface area contributed by atoms with Gasteiger partial charge in [0.1, 0.15) is 0 Å². The van der Waals surface area contributed by atoms with Gasteiger partial charge in [0, 0.05) is 29.5 Å². The van der Waals surface area contributed by atoms with Crippen LogP contribution in [0.2, 0.25) is 0 Å². The number of aromatic nitrogens is 4. The molecule has 8 rings (SSSR count). The lowest BCUT2D eigenvalue weighted by Gasteiger charge is -2.55. The normalized spacial score (nSPS) is 27.4. The molecule has 0 saturated heterocycles. The number of aryl methyl sites for hydroxylation is 1. The summed E-state index contributed by atoms with van der Waals surface area (Å²) in [6.07, 6.45) is 10.8. The van der Waals surface area contributed by atoms with Crippen LogP contribution >= 0.6 is 0 Å². The molecule has 0 N–H and O–H groups in total. The van der Waals surface area contributed by atoms with Crippen molar-refractivity contribution in [3.05, 3.63) is 113 Å². The Morgan fingerprint density at radius 2 is 1.70 bits per heavy atom. The first-order valence-electron chi connectivity index (χ1n) is 15.5. The van der Waals surface area contributed by atoms with Crippen molar-refractivity contribution in [1.29, 1.82) is 0 Å². The lowest BCUT2D eigenvalue weighted by atomic mass is 9.60. The van der Waals surface area contributed by atoms with Crippen molar-refractivity contribution in [3.8, 4) is 0 Å². The minimum atomic E-state index is -4.46. The Bertz CT molecular complexity index is 2050. The molecule has 3 atom stereocenters. The maximum absolute atomic E-state index is 14.3. The van der Waals surface area contributed by atoms with E-state index >= 15 is 0 Å². The number of imide groups is 1. The summed E-state index contributed by atoms with van der Waals surface area (Å²) in [5.41, 5.74) is 3.61. The molecule has 4 aromatic rings. The summed E-state index contributed by atoms with van der Waals surface area (Å²) in [6, 6.07) is 10.5. The number of halogens is 3. The zero-order valence-electron chi connectivity index (χ0n) is 25.2. The monoisotopic (exact) mass is 621 g/mol. The second kappa shape index (κ2) is 10.1. The molecule has 0 bridgehead atoms. The number of benzene rings is 1. The van der Waals surface area contributed by atoms with Crippen molar-refractivity contribution in [2.24, 2.45) is 17.8 Å². The van der Waals surface area contributed by atoms with Gasteiger partial charge < -0.3 is 0 Å². The Labute approximate surface area is 262 Å². The summed E-state index contributed by atoms with van der Waals surface area (Å²) < 4.78 is 44.6. The van der Waals surface area contributed by atoms with Crippen LogP contribution in [0.5, 0.6) is 0 Å². The van der Waals surface area contributed by atoms with Gasteiger partial charge in [-0.15, -0.1) is 0 Å². The van der Waals surface area contributed by atoms with E-state index in [0.717, 1.165) is 5.69 Å². The fourth-order valence-electron chi connectivity index (χ4n) is 7.96. The number of carbonyl (C=O) groups excluding carboxylic acids is 2. The summed E-state index contributed by atoms with van der Waals surface area (Å²) >= 11 is 0. The number of alkyl halides is 3. The van der Waals surface area contributed by atoms with E-state index in [-0.39, 0.29) is 17.7 Å². The van der Waals surface area contributed by atoms with Crippen LogP contribution in [0.15, 0.2) is 85.1 Å². The molecule has 46 heavy (non-hydrogen) atoms. The van der Waals surface area contributed by atoms with Crippen molar-refractivity contribution in [3.63, 3.8) is 0 Å². The fourth-order valence-corrected chi connectivity index (χ4v) is 7.96. The molecule has 0 radical (unpaired) electrons. The number of pyridine rings is 1. The zero-order valence-corrected chi connectivity index (χ0v) is 25.2. The molecular formula is C36H30F3N5O2. The van der Waals surface area contributed by atoms with Crippen molar-refractivity contribution in [2.75, 3.05) is 0 Å². The number of amides is 2. The maximum Gasteiger partial charge on any atom is 0.396 e. The summed E-state index contributed by atoms with van der Waals surface area (Å²) in [5.74, 6) is -3.04. The van der Waals surface area contributed by atoms with Gasteiger partial charge in [0.15, 0.2) is 11.3 Å². The highest BCUT2D eigenvalue weighted by atomic mass is 19.4. The van der Waals surface area contributed by atoms with E-state index in [1.165, 1.54) is 17.1 Å². The van der Waals surface area contributed by atoms with E-state index in [2.05, 4.69) is 17.0 Å². The van der Waals surface area contributed by atoms with E-state index < -0.39 is 23.6 Å². The van der Waals surface area contributed by atoms with Crippen LogP contribution in [0.3, 0.4) is 0 Å². The number of allylic oxidation sites excluding steroid dienone is 7. The molecule has 1 saturated carbocycles. The van der Waals surface area contributed by atoms with Gasteiger partial charge in [-0.3, -0.25) is 14.5 Å². The first kappa shape index (κ1) is 28.6. The second-order valence-electron chi connectivity index (χ2n) is 13.0. The SMILES string of the molecule is Cc1cc2ncc3cc(C4C=CC=CC4C(F)(F)F)c(C4=CCC(C5(N6C(=O)c7ccccc7C6=O)CC(C)C5)C=C4)nc3n2n1. The van der Waals surface area contributed by atoms with E-state index in [1.807, 2.05) is 31.2 Å². The maximum atomic E-state index is 14.3. The largest absolute Gasteiger partial charge is 0.396 e. The first-order chi connectivity index (χ1) is 22.0. The van der Waals surface area contributed by atoms with Crippen molar-refractivity contribution < 1.29 is 22.8 Å². The highest BCUT2D eigenvalue weighted by Crippen LogP contribution is 2.53. The van der Waals surface area contributed by atoms with Crippen LogP contribution in [-0.2, 0) is 0 Å². The molecule has 1 aromatic carbocycles. The Balaban J connectivity index is 1.21. The summed E-state index contributed by atoms with van der Waals surface area (Å²) in [5, 5.41) is 5.14. The number of hydrogen-bond donors (Lipinski definition) is 0. The van der Waals surface area contributed by atoms with Gasteiger partial charge in [0.2, 0.25) is 0 Å². The molecule has 1 aliphatic heterocycles. The molecule has 3 aromatic heterocycles. The van der Waals surface area contributed by atoms with Gasteiger partial charge in [-0.05, 0) is 61.4 Å². The lowest BCUT2D eigenvalue weighted by Crippen LogP contribution is -2.63. The predicted octanol–water partition coefficient (Wildman–Crippen LogP) is 7.40. The highest BCUT2D eigenvalue weighted by Gasteiger charge is 2.57. The Morgan fingerprint density at radius 1 is 0.978 bits per heavy atom. The molecule has 10 heteroatoms. The Kier molecular flexibility index (Phi) is 6.26. The van der Waals surface area contributed by atoms with Crippen LogP contribution in [0.1, 0.15) is 69.8 Å². The van der Waals surface area contributed by atoms with Crippen LogP contribution < -0.4 is 0 Å². The average Bonchev–Trinajstić information content (AvgIpc) is 3.54. The highest BCUT2D eigenvalue weighted by molar-refractivity contribution is 6.22. The molecule has 1 fully saturated rings. The summed E-state index contributed by atoms with van der Waals surface area (Å²) in [7, 11) is 0. The number of fused-ring (bicyclic) bond motifs is 4. The third-order valence-electron chi connectivity index (χ3n) is 9.99. The number of carbonyl (C=O) groups is 2. The molecule has 2 amide bonds. The van der Waals surface area contributed by atoms with Crippen molar-refractivity contribution in [2.45, 2.75) is 50.7 Å². The summed E-state index contributed by atoms with van der Waals surface area (Å²) in [4.78, 5) is 38.1. The Morgan fingerprint density at radius 3 is 2.35 bits per heavy atom. The topological polar surface area (TPSA) is 80.5 Å². The minimum absolute atomic E-state index is 0.149.